The molecule has 0 atom stereocenters. The molecule has 0 unspecified atom stereocenters. The number of nitrogens with one attached hydrogen (secondary N) is 1. The van der Waals surface area contributed by atoms with Crippen LogP contribution < -0.4 is 10.9 Å². The van der Waals surface area contributed by atoms with E-state index >= 15 is 0 Å². The van der Waals surface area contributed by atoms with Gasteiger partial charge in [-0.2, -0.15) is 0 Å². The number of rotatable bonds is 5. The third kappa shape index (κ3) is 3.07. The van der Waals surface area contributed by atoms with Crippen LogP contribution >= 0.6 is 0 Å². The zero-order valence-electron chi connectivity index (χ0n) is 10.6. The monoisotopic (exact) mass is 247 g/mol. The van der Waals surface area contributed by atoms with Crippen molar-refractivity contribution < 1.29 is 4.42 Å². The van der Waals surface area contributed by atoms with E-state index in [0.717, 1.165) is 11.5 Å². The average molecular weight is 247 g/mol. The molecule has 0 saturated heterocycles. The van der Waals surface area contributed by atoms with Gasteiger partial charge in [0.1, 0.15) is 5.76 Å². The Morgan fingerprint density at radius 1 is 1.39 bits per heavy atom. The Morgan fingerprint density at radius 3 is 2.89 bits per heavy atom. The summed E-state index contributed by atoms with van der Waals surface area (Å²) in [6.45, 7) is 5.74. The van der Waals surface area contributed by atoms with Crippen LogP contribution in [0.2, 0.25) is 0 Å². The highest BCUT2D eigenvalue weighted by molar-refractivity contribution is 5.05. The highest BCUT2D eigenvalue weighted by Gasteiger charge is 2.04. The number of aromatic nitrogens is 2. The molecule has 96 valence electrons. The van der Waals surface area contributed by atoms with E-state index in [1.54, 1.807) is 22.9 Å². The second-order valence-corrected chi connectivity index (χ2v) is 4.16. The molecule has 0 aromatic carbocycles. The maximum absolute atomic E-state index is 11.4. The minimum Gasteiger partial charge on any atom is -0.444 e. The van der Waals surface area contributed by atoms with E-state index in [1.165, 1.54) is 0 Å². The van der Waals surface area contributed by atoms with E-state index in [1.807, 2.05) is 19.9 Å². The zero-order chi connectivity index (χ0) is 13.0. The number of pyridine rings is 1. The molecule has 0 radical (unpaired) electrons. The van der Waals surface area contributed by atoms with Gasteiger partial charge in [0.05, 0.1) is 12.2 Å². The summed E-state index contributed by atoms with van der Waals surface area (Å²) in [6, 6.07) is 5.15. The van der Waals surface area contributed by atoms with Crippen molar-refractivity contribution in [2.24, 2.45) is 0 Å². The van der Waals surface area contributed by atoms with E-state index < -0.39 is 0 Å². The van der Waals surface area contributed by atoms with Gasteiger partial charge in [0, 0.05) is 25.4 Å². The van der Waals surface area contributed by atoms with E-state index in [4.69, 9.17) is 4.42 Å². The van der Waals surface area contributed by atoms with Gasteiger partial charge in [-0.1, -0.05) is 6.07 Å². The van der Waals surface area contributed by atoms with Crippen molar-refractivity contribution in [2.45, 2.75) is 26.9 Å². The maximum Gasteiger partial charge on any atom is 0.250 e. The summed E-state index contributed by atoms with van der Waals surface area (Å²) in [5.74, 6) is 1.54. The first-order chi connectivity index (χ1) is 8.66. The third-order valence-corrected chi connectivity index (χ3v) is 2.78. The Morgan fingerprint density at radius 2 is 2.22 bits per heavy atom. The van der Waals surface area contributed by atoms with Crippen molar-refractivity contribution in [1.82, 2.24) is 14.9 Å². The summed E-state index contributed by atoms with van der Waals surface area (Å²) in [5.41, 5.74) is 0.938. The fourth-order valence-electron chi connectivity index (χ4n) is 1.65. The SMILES string of the molecule is Cc1nc(CNCCn2ccccc2=O)oc1C. The van der Waals surface area contributed by atoms with Crippen LogP contribution in [0.25, 0.3) is 0 Å². The van der Waals surface area contributed by atoms with Gasteiger partial charge in [-0.15, -0.1) is 0 Å². The quantitative estimate of drug-likeness (QED) is 0.808. The van der Waals surface area contributed by atoms with Crippen molar-refractivity contribution >= 4 is 0 Å². The summed E-state index contributed by atoms with van der Waals surface area (Å²) in [6.07, 6.45) is 1.78. The van der Waals surface area contributed by atoms with Gasteiger partial charge in [-0.3, -0.25) is 4.79 Å². The molecule has 0 spiro atoms. The van der Waals surface area contributed by atoms with Crippen molar-refractivity contribution in [2.75, 3.05) is 6.54 Å². The maximum atomic E-state index is 11.4. The van der Waals surface area contributed by atoms with Crippen LogP contribution in [0.3, 0.4) is 0 Å². The molecular weight excluding hydrogens is 230 g/mol. The minimum absolute atomic E-state index is 0.0158. The number of hydrogen-bond acceptors (Lipinski definition) is 4. The molecule has 0 aliphatic rings. The first-order valence-electron chi connectivity index (χ1n) is 5.96. The summed E-state index contributed by atoms with van der Waals surface area (Å²) in [5, 5.41) is 3.20. The van der Waals surface area contributed by atoms with Crippen LogP contribution in [0.4, 0.5) is 0 Å². The molecule has 2 aromatic heterocycles. The topological polar surface area (TPSA) is 60.1 Å². The molecule has 0 aliphatic heterocycles. The Bertz CT molecular complexity index is 552. The summed E-state index contributed by atoms with van der Waals surface area (Å²) in [7, 11) is 0. The largest absolute Gasteiger partial charge is 0.444 e. The fourth-order valence-corrected chi connectivity index (χ4v) is 1.65. The highest BCUT2D eigenvalue weighted by Crippen LogP contribution is 2.07. The first kappa shape index (κ1) is 12.6. The zero-order valence-corrected chi connectivity index (χ0v) is 10.6. The Kier molecular flexibility index (Phi) is 3.94. The number of hydrogen-bond donors (Lipinski definition) is 1. The Hall–Kier alpha value is -1.88. The van der Waals surface area contributed by atoms with Gasteiger partial charge in [-0.05, 0) is 19.9 Å². The summed E-state index contributed by atoms with van der Waals surface area (Å²) < 4.78 is 7.11. The lowest BCUT2D eigenvalue weighted by Crippen LogP contribution is -2.25. The normalized spacial score (nSPS) is 10.8. The molecule has 0 amide bonds. The molecule has 5 heteroatoms. The Balaban J connectivity index is 1.80. The van der Waals surface area contributed by atoms with Crippen molar-refractivity contribution in [3.8, 4) is 0 Å². The number of aryl methyl sites for hydroxylation is 2. The minimum atomic E-state index is 0.0158. The van der Waals surface area contributed by atoms with E-state index in [0.29, 0.717) is 25.5 Å². The lowest BCUT2D eigenvalue weighted by molar-refractivity contribution is 0.443. The molecule has 18 heavy (non-hydrogen) atoms. The second-order valence-electron chi connectivity index (χ2n) is 4.16. The molecule has 0 fully saturated rings. The van der Waals surface area contributed by atoms with Crippen LogP contribution in [0, 0.1) is 13.8 Å². The lowest BCUT2D eigenvalue weighted by atomic mass is 10.4. The summed E-state index contributed by atoms with van der Waals surface area (Å²) in [4.78, 5) is 15.7. The second kappa shape index (κ2) is 5.64. The van der Waals surface area contributed by atoms with Gasteiger partial charge < -0.3 is 14.3 Å². The van der Waals surface area contributed by atoms with Crippen molar-refractivity contribution in [1.29, 1.82) is 0 Å². The molecule has 0 aliphatic carbocycles. The van der Waals surface area contributed by atoms with Gasteiger partial charge in [0.25, 0.3) is 5.56 Å². The Labute approximate surface area is 105 Å². The van der Waals surface area contributed by atoms with Crippen molar-refractivity contribution in [3.63, 3.8) is 0 Å². The summed E-state index contributed by atoms with van der Waals surface area (Å²) >= 11 is 0. The first-order valence-corrected chi connectivity index (χ1v) is 5.96. The molecule has 2 rings (SSSR count). The van der Waals surface area contributed by atoms with Gasteiger partial charge in [0.15, 0.2) is 0 Å². The van der Waals surface area contributed by atoms with E-state index in [-0.39, 0.29) is 5.56 Å². The molecule has 0 saturated carbocycles. The van der Waals surface area contributed by atoms with E-state index in [9.17, 15) is 4.79 Å². The van der Waals surface area contributed by atoms with Gasteiger partial charge in [0.2, 0.25) is 5.89 Å². The predicted octanol–water partition coefficient (Wildman–Crippen LogP) is 1.24. The molecule has 2 heterocycles. The molecule has 2 aromatic rings. The van der Waals surface area contributed by atoms with Gasteiger partial charge >= 0.3 is 0 Å². The van der Waals surface area contributed by atoms with Crippen LogP contribution in [-0.4, -0.2) is 16.1 Å². The van der Waals surface area contributed by atoms with E-state index in [2.05, 4.69) is 10.3 Å². The van der Waals surface area contributed by atoms with Crippen LogP contribution in [0.15, 0.2) is 33.6 Å². The lowest BCUT2D eigenvalue weighted by Gasteiger charge is -2.05. The van der Waals surface area contributed by atoms with Crippen LogP contribution in [0.1, 0.15) is 17.3 Å². The highest BCUT2D eigenvalue weighted by atomic mass is 16.4. The number of nitrogens with zero attached hydrogens (tertiary/aromatic N) is 2. The molecular formula is C13H17N3O2. The van der Waals surface area contributed by atoms with Gasteiger partial charge in [-0.25, -0.2) is 4.98 Å². The average Bonchev–Trinajstić information content (AvgIpc) is 2.66. The third-order valence-electron chi connectivity index (χ3n) is 2.78. The molecule has 1 N–H and O–H groups in total. The fraction of sp³-hybridized carbons (Fsp3) is 0.385. The smallest absolute Gasteiger partial charge is 0.250 e. The molecule has 0 bridgehead atoms. The van der Waals surface area contributed by atoms with Crippen LogP contribution in [0.5, 0.6) is 0 Å². The number of oxazole rings is 1. The van der Waals surface area contributed by atoms with Crippen LogP contribution in [-0.2, 0) is 13.1 Å². The van der Waals surface area contributed by atoms with Crippen molar-refractivity contribution in [3.05, 3.63) is 52.1 Å². The predicted molar refractivity (Wildman–Crippen MR) is 68.4 cm³/mol. The molecule has 5 nitrogen and oxygen atoms in total. The standard InChI is InChI=1S/C13H17N3O2/c1-10-11(2)18-12(15-10)9-14-6-8-16-7-4-3-5-13(16)17/h3-5,7,14H,6,8-9H2,1-2H3.